The first-order valence-electron chi connectivity index (χ1n) is 6.09. The molecule has 1 aliphatic rings. The van der Waals surface area contributed by atoms with E-state index in [1.165, 1.54) is 4.90 Å². The van der Waals surface area contributed by atoms with Gasteiger partial charge in [-0.25, -0.2) is 0 Å². The summed E-state index contributed by atoms with van der Waals surface area (Å²) in [5.74, 6) is 1.48. The molecule has 0 saturated heterocycles. The van der Waals surface area contributed by atoms with Crippen molar-refractivity contribution in [1.82, 2.24) is 5.32 Å². The number of carbonyl (C=O) groups excluding carboxylic acids is 1. The third-order valence-corrected chi connectivity index (χ3v) is 5.03. The molecule has 2 rings (SSSR count). The van der Waals surface area contributed by atoms with Gasteiger partial charge in [-0.15, -0.1) is 23.4 Å². The minimum absolute atomic E-state index is 0.0164. The molecule has 1 aromatic carbocycles. The van der Waals surface area contributed by atoms with Gasteiger partial charge in [0.2, 0.25) is 5.91 Å². The molecule has 0 aliphatic carbocycles. The number of hydrogen-bond acceptors (Lipinski definition) is 2. The van der Waals surface area contributed by atoms with E-state index in [1.54, 1.807) is 11.8 Å². The van der Waals surface area contributed by atoms with Crippen molar-refractivity contribution in [3.8, 4) is 0 Å². The van der Waals surface area contributed by atoms with Gasteiger partial charge in [0.05, 0.1) is 5.92 Å². The van der Waals surface area contributed by atoms with E-state index in [2.05, 4.69) is 25.2 Å². The number of halogens is 1. The number of thioether (sulfide) groups is 1. The second-order valence-corrected chi connectivity index (χ2v) is 6.75. The summed E-state index contributed by atoms with van der Waals surface area (Å²) in [6.45, 7) is 4.73. The number of hydrogen-bond donors (Lipinski definition) is 1. The molecule has 1 amide bonds. The van der Waals surface area contributed by atoms with E-state index in [4.69, 9.17) is 11.6 Å². The molecule has 0 aromatic heterocycles. The zero-order valence-electron chi connectivity index (χ0n) is 10.7. The van der Waals surface area contributed by atoms with Crippen molar-refractivity contribution in [1.29, 1.82) is 0 Å². The smallest absolute Gasteiger partial charge is 0.228 e. The van der Waals surface area contributed by atoms with Crippen molar-refractivity contribution in [3.63, 3.8) is 0 Å². The third-order valence-electron chi connectivity index (χ3n) is 3.12. The normalized spacial score (nSPS) is 18.5. The lowest BCUT2D eigenvalue weighted by Gasteiger charge is -2.23. The highest BCUT2D eigenvalue weighted by molar-refractivity contribution is 7.99. The van der Waals surface area contributed by atoms with Crippen molar-refractivity contribution in [2.75, 3.05) is 18.2 Å². The molecule has 0 fully saturated rings. The number of benzene rings is 1. The van der Waals surface area contributed by atoms with Gasteiger partial charge in [0.15, 0.2) is 0 Å². The van der Waals surface area contributed by atoms with Crippen LogP contribution in [0.2, 0.25) is 0 Å². The van der Waals surface area contributed by atoms with E-state index in [9.17, 15) is 4.79 Å². The maximum absolute atomic E-state index is 12.2. The molecule has 98 valence electrons. The molecule has 1 unspecified atom stereocenters. The van der Waals surface area contributed by atoms with Crippen LogP contribution >= 0.6 is 23.4 Å². The van der Waals surface area contributed by atoms with E-state index < -0.39 is 0 Å². The second kappa shape index (κ2) is 5.54. The van der Waals surface area contributed by atoms with Gasteiger partial charge in [0, 0.05) is 23.1 Å². The second-order valence-electron chi connectivity index (χ2n) is 5.42. The Labute approximate surface area is 117 Å². The predicted octanol–water partition coefficient (Wildman–Crippen LogP) is 3.26. The highest BCUT2D eigenvalue weighted by Crippen LogP contribution is 2.39. The van der Waals surface area contributed by atoms with E-state index in [0.717, 1.165) is 11.3 Å². The Morgan fingerprint density at radius 2 is 2.22 bits per heavy atom. The van der Waals surface area contributed by atoms with Gasteiger partial charge >= 0.3 is 0 Å². The SMILES string of the molecule is CC(C)(CCl)CNC(=O)C1CSc2ccccc21. The molecule has 1 heterocycles. The van der Waals surface area contributed by atoms with Gasteiger partial charge in [0.1, 0.15) is 0 Å². The lowest BCUT2D eigenvalue weighted by Crippen LogP contribution is -2.37. The number of nitrogens with one attached hydrogen (secondary N) is 1. The van der Waals surface area contributed by atoms with Crippen molar-refractivity contribution in [2.45, 2.75) is 24.7 Å². The summed E-state index contributed by atoms with van der Waals surface area (Å²) in [5.41, 5.74) is 1.10. The van der Waals surface area contributed by atoms with Crippen LogP contribution in [-0.4, -0.2) is 24.1 Å². The fraction of sp³-hybridized carbons (Fsp3) is 0.500. The van der Waals surface area contributed by atoms with Gasteiger partial charge in [-0.05, 0) is 17.0 Å². The topological polar surface area (TPSA) is 29.1 Å². The Morgan fingerprint density at radius 1 is 1.50 bits per heavy atom. The molecule has 18 heavy (non-hydrogen) atoms. The highest BCUT2D eigenvalue weighted by atomic mass is 35.5. The van der Waals surface area contributed by atoms with Crippen LogP contribution < -0.4 is 5.32 Å². The monoisotopic (exact) mass is 283 g/mol. The lowest BCUT2D eigenvalue weighted by atomic mass is 9.95. The quantitative estimate of drug-likeness (QED) is 0.860. The molecule has 0 spiro atoms. The van der Waals surface area contributed by atoms with E-state index >= 15 is 0 Å². The van der Waals surface area contributed by atoms with Crippen molar-refractivity contribution < 1.29 is 4.79 Å². The van der Waals surface area contributed by atoms with Crippen molar-refractivity contribution >= 4 is 29.3 Å². The molecule has 0 bridgehead atoms. The summed E-state index contributed by atoms with van der Waals surface area (Å²) in [6, 6.07) is 8.14. The van der Waals surface area contributed by atoms with Crippen LogP contribution in [-0.2, 0) is 4.79 Å². The Kier molecular flexibility index (Phi) is 4.23. The summed E-state index contributed by atoms with van der Waals surface area (Å²) >= 11 is 7.62. The fourth-order valence-corrected chi connectivity index (χ4v) is 3.20. The molecule has 1 aromatic rings. The summed E-state index contributed by atoms with van der Waals surface area (Å²) in [4.78, 5) is 13.4. The van der Waals surface area contributed by atoms with Gasteiger partial charge < -0.3 is 5.32 Å². The van der Waals surface area contributed by atoms with Gasteiger partial charge in [-0.2, -0.15) is 0 Å². The molecule has 1 N–H and O–H groups in total. The largest absolute Gasteiger partial charge is 0.355 e. The highest BCUT2D eigenvalue weighted by Gasteiger charge is 2.29. The summed E-state index contributed by atoms with van der Waals surface area (Å²) in [5, 5.41) is 3.02. The van der Waals surface area contributed by atoms with Crippen LogP contribution in [0, 0.1) is 5.41 Å². The van der Waals surface area contributed by atoms with Crippen LogP contribution in [0.4, 0.5) is 0 Å². The Hall–Kier alpha value is -0.670. The minimum atomic E-state index is -0.0531. The van der Waals surface area contributed by atoms with Gasteiger partial charge in [-0.1, -0.05) is 32.0 Å². The fourth-order valence-electron chi connectivity index (χ4n) is 1.88. The predicted molar refractivity (Wildman–Crippen MR) is 77.4 cm³/mol. The molecular weight excluding hydrogens is 266 g/mol. The molecule has 4 heteroatoms. The van der Waals surface area contributed by atoms with E-state index in [0.29, 0.717) is 12.4 Å². The van der Waals surface area contributed by atoms with Crippen LogP contribution in [0.5, 0.6) is 0 Å². The maximum Gasteiger partial charge on any atom is 0.228 e. The molecule has 2 nitrogen and oxygen atoms in total. The lowest BCUT2D eigenvalue weighted by molar-refractivity contribution is -0.122. The Morgan fingerprint density at radius 3 is 2.94 bits per heavy atom. The van der Waals surface area contributed by atoms with E-state index in [1.807, 2.05) is 18.2 Å². The van der Waals surface area contributed by atoms with Crippen LogP contribution in [0.3, 0.4) is 0 Å². The standard InChI is InChI=1S/C14H18ClNOS/c1-14(2,8-15)9-16-13(17)11-7-18-12-6-4-3-5-10(11)12/h3-6,11H,7-9H2,1-2H3,(H,16,17). The summed E-state index contributed by atoms with van der Waals surface area (Å²) < 4.78 is 0. The molecule has 0 radical (unpaired) electrons. The van der Waals surface area contributed by atoms with Gasteiger partial charge in [-0.3, -0.25) is 4.79 Å². The number of amides is 1. The average molecular weight is 284 g/mol. The van der Waals surface area contributed by atoms with E-state index in [-0.39, 0.29) is 17.2 Å². The first-order valence-corrected chi connectivity index (χ1v) is 7.61. The average Bonchev–Trinajstić information content (AvgIpc) is 2.80. The summed E-state index contributed by atoms with van der Waals surface area (Å²) in [7, 11) is 0. The minimum Gasteiger partial charge on any atom is -0.355 e. The molecule has 0 saturated carbocycles. The zero-order chi connectivity index (χ0) is 13.2. The number of fused-ring (bicyclic) bond motifs is 1. The van der Waals surface area contributed by atoms with Crippen molar-refractivity contribution in [2.24, 2.45) is 5.41 Å². The number of rotatable bonds is 4. The first-order chi connectivity index (χ1) is 8.53. The van der Waals surface area contributed by atoms with Gasteiger partial charge in [0.25, 0.3) is 0 Å². The van der Waals surface area contributed by atoms with Crippen LogP contribution in [0.25, 0.3) is 0 Å². The number of carbonyl (C=O) groups is 1. The first kappa shape index (κ1) is 13.8. The van der Waals surface area contributed by atoms with Crippen LogP contribution in [0.15, 0.2) is 29.2 Å². The molecular formula is C14H18ClNOS. The van der Waals surface area contributed by atoms with Crippen LogP contribution in [0.1, 0.15) is 25.3 Å². The summed E-state index contributed by atoms with van der Waals surface area (Å²) in [6.07, 6.45) is 0. The third kappa shape index (κ3) is 3.01. The number of alkyl halides is 1. The molecule has 1 atom stereocenters. The Bertz CT molecular complexity index is 447. The Balaban J connectivity index is 2.00. The maximum atomic E-state index is 12.2. The van der Waals surface area contributed by atoms with Crippen molar-refractivity contribution in [3.05, 3.63) is 29.8 Å². The molecule has 1 aliphatic heterocycles. The zero-order valence-corrected chi connectivity index (χ0v) is 12.3.